The molecule has 1 aromatic heterocycles. The van der Waals surface area contributed by atoms with Gasteiger partial charge in [0.15, 0.2) is 11.6 Å². The zero-order valence-electron chi connectivity index (χ0n) is 15.4. The summed E-state index contributed by atoms with van der Waals surface area (Å²) in [6, 6.07) is 16.4. The monoisotopic (exact) mass is 452 g/mol. The lowest BCUT2D eigenvalue weighted by Gasteiger charge is -2.13. The van der Waals surface area contributed by atoms with Crippen molar-refractivity contribution in [3.63, 3.8) is 0 Å². The van der Waals surface area contributed by atoms with E-state index in [0.29, 0.717) is 28.0 Å². The van der Waals surface area contributed by atoms with Crippen LogP contribution < -0.4 is 5.56 Å². The van der Waals surface area contributed by atoms with Gasteiger partial charge in [-0.3, -0.25) is 9.36 Å². The summed E-state index contributed by atoms with van der Waals surface area (Å²) >= 11 is 3.53. The summed E-state index contributed by atoms with van der Waals surface area (Å²) in [5.41, 5.74) is 2.48. The van der Waals surface area contributed by atoms with Crippen LogP contribution in [0.25, 0.3) is 28.7 Å². The molecule has 1 heterocycles. The van der Waals surface area contributed by atoms with Gasteiger partial charge in [-0.15, -0.1) is 0 Å². The normalized spacial score (nSPS) is 11.4. The van der Waals surface area contributed by atoms with E-state index in [1.54, 1.807) is 30.4 Å². The van der Waals surface area contributed by atoms with Crippen LogP contribution in [-0.4, -0.2) is 9.55 Å². The number of halogens is 3. The second kappa shape index (κ2) is 7.72. The van der Waals surface area contributed by atoms with Gasteiger partial charge >= 0.3 is 0 Å². The number of para-hydroxylation sites is 1. The van der Waals surface area contributed by atoms with E-state index in [9.17, 15) is 13.6 Å². The average Bonchev–Trinajstić information content (AvgIpc) is 2.70. The van der Waals surface area contributed by atoms with Crippen LogP contribution in [0.15, 0.2) is 69.9 Å². The van der Waals surface area contributed by atoms with E-state index >= 15 is 0 Å². The molecule has 0 aliphatic carbocycles. The summed E-state index contributed by atoms with van der Waals surface area (Å²) in [5, 5.41) is 0.491. The number of rotatable bonds is 3. The smallest absolute Gasteiger partial charge is 0.266 e. The molecule has 4 aromatic rings. The van der Waals surface area contributed by atoms with Gasteiger partial charge in [0.25, 0.3) is 5.56 Å². The maximum absolute atomic E-state index is 13.5. The molecule has 0 atom stereocenters. The Morgan fingerprint density at radius 3 is 2.52 bits per heavy atom. The number of benzene rings is 3. The fourth-order valence-corrected chi connectivity index (χ4v) is 3.75. The van der Waals surface area contributed by atoms with E-state index < -0.39 is 11.6 Å². The molecule has 0 amide bonds. The van der Waals surface area contributed by atoms with Crippen LogP contribution in [0, 0.1) is 18.6 Å². The van der Waals surface area contributed by atoms with E-state index in [4.69, 9.17) is 0 Å². The Labute approximate surface area is 174 Å². The summed E-state index contributed by atoms with van der Waals surface area (Å²) in [7, 11) is 0. The lowest BCUT2D eigenvalue weighted by atomic mass is 10.2. The fraction of sp³-hybridized carbons (Fsp3) is 0.0435. The highest BCUT2D eigenvalue weighted by Gasteiger charge is 2.13. The predicted octanol–water partition coefficient (Wildman–Crippen LogP) is 5.91. The zero-order valence-corrected chi connectivity index (χ0v) is 17.0. The van der Waals surface area contributed by atoms with Gasteiger partial charge in [-0.25, -0.2) is 13.8 Å². The first-order valence-electron chi connectivity index (χ1n) is 8.85. The van der Waals surface area contributed by atoms with Gasteiger partial charge in [0.1, 0.15) is 5.82 Å². The minimum absolute atomic E-state index is 0.218. The molecular weight excluding hydrogens is 438 g/mol. The molecule has 144 valence electrons. The molecule has 0 saturated heterocycles. The highest BCUT2D eigenvalue weighted by molar-refractivity contribution is 9.10. The second-order valence-electron chi connectivity index (χ2n) is 6.59. The molecule has 0 aliphatic heterocycles. The lowest BCUT2D eigenvalue weighted by Crippen LogP contribution is -2.22. The zero-order chi connectivity index (χ0) is 20.5. The minimum atomic E-state index is -0.933. The van der Waals surface area contributed by atoms with E-state index in [1.165, 1.54) is 10.6 Å². The Balaban J connectivity index is 1.95. The van der Waals surface area contributed by atoms with Crippen LogP contribution in [0.2, 0.25) is 0 Å². The molecule has 0 spiro atoms. The topological polar surface area (TPSA) is 34.9 Å². The summed E-state index contributed by atoms with van der Waals surface area (Å²) in [5.74, 6) is -1.47. The number of hydrogen-bond acceptors (Lipinski definition) is 2. The van der Waals surface area contributed by atoms with Crippen molar-refractivity contribution >= 4 is 39.0 Å². The van der Waals surface area contributed by atoms with Crippen LogP contribution in [0.5, 0.6) is 0 Å². The van der Waals surface area contributed by atoms with E-state index in [-0.39, 0.29) is 5.56 Å². The second-order valence-corrected chi connectivity index (χ2v) is 7.44. The number of nitrogens with zero attached hydrogens (tertiary/aromatic N) is 2. The van der Waals surface area contributed by atoms with Gasteiger partial charge in [0, 0.05) is 4.47 Å². The lowest BCUT2D eigenvalue weighted by molar-refractivity contribution is 0.508. The maximum Gasteiger partial charge on any atom is 0.266 e. The number of fused-ring (bicyclic) bond motifs is 1. The third kappa shape index (κ3) is 3.76. The number of aromatic nitrogens is 2. The molecule has 4 rings (SSSR count). The molecule has 0 fully saturated rings. The molecule has 3 aromatic carbocycles. The van der Waals surface area contributed by atoms with Crippen molar-refractivity contribution in [3.8, 4) is 5.69 Å². The van der Waals surface area contributed by atoms with Crippen molar-refractivity contribution in [2.45, 2.75) is 6.92 Å². The summed E-state index contributed by atoms with van der Waals surface area (Å²) < 4.78 is 29.0. The molecule has 6 heteroatoms. The summed E-state index contributed by atoms with van der Waals surface area (Å²) in [6.07, 6.45) is 3.21. The molecule has 0 unspecified atom stereocenters. The Morgan fingerprint density at radius 1 is 0.966 bits per heavy atom. The van der Waals surface area contributed by atoms with Gasteiger partial charge in [-0.2, -0.15) is 0 Å². The van der Waals surface area contributed by atoms with Crippen molar-refractivity contribution < 1.29 is 8.78 Å². The molecule has 3 nitrogen and oxygen atoms in total. The first kappa shape index (κ1) is 19.2. The van der Waals surface area contributed by atoms with Crippen molar-refractivity contribution in [2.75, 3.05) is 0 Å². The van der Waals surface area contributed by atoms with Crippen LogP contribution in [0.3, 0.4) is 0 Å². The van der Waals surface area contributed by atoms with Gasteiger partial charge in [0.05, 0.1) is 16.6 Å². The molecule has 29 heavy (non-hydrogen) atoms. The SMILES string of the molecule is Cc1ccc(-n2c(/C=C\c3ccc(F)c(F)c3)nc3ccccc3c2=O)c(Br)c1. The van der Waals surface area contributed by atoms with Gasteiger partial charge < -0.3 is 0 Å². The third-order valence-electron chi connectivity index (χ3n) is 4.51. The van der Waals surface area contributed by atoms with Gasteiger partial charge in [0.2, 0.25) is 0 Å². The van der Waals surface area contributed by atoms with Crippen LogP contribution in [0.1, 0.15) is 17.0 Å². The van der Waals surface area contributed by atoms with Crippen LogP contribution in [-0.2, 0) is 0 Å². The van der Waals surface area contributed by atoms with Crippen LogP contribution >= 0.6 is 15.9 Å². The Kier molecular flexibility index (Phi) is 5.11. The molecule has 0 saturated carbocycles. The first-order chi connectivity index (χ1) is 13.9. The Bertz CT molecular complexity index is 1330. The number of aryl methyl sites for hydroxylation is 1. The summed E-state index contributed by atoms with van der Waals surface area (Å²) in [6.45, 7) is 1.96. The van der Waals surface area contributed by atoms with Crippen molar-refractivity contribution in [2.24, 2.45) is 0 Å². The fourth-order valence-electron chi connectivity index (χ4n) is 3.07. The molecule has 0 N–H and O–H groups in total. The first-order valence-corrected chi connectivity index (χ1v) is 9.65. The predicted molar refractivity (Wildman–Crippen MR) is 115 cm³/mol. The molecule has 0 radical (unpaired) electrons. The highest BCUT2D eigenvalue weighted by Crippen LogP contribution is 2.24. The molecule has 0 bridgehead atoms. The number of hydrogen-bond donors (Lipinski definition) is 0. The highest BCUT2D eigenvalue weighted by atomic mass is 79.9. The van der Waals surface area contributed by atoms with Gasteiger partial charge in [-0.05, 0) is 76.5 Å². The van der Waals surface area contributed by atoms with Crippen molar-refractivity contribution in [1.82, 2.24) is 9.55 Å². The molecular formula is C23H15BrF2N2O. The average molecular weight is 453 g/mol. The van der Waals surface area contributed by atoms with E-state index in [0.717, 1.165) is 22.2 Å². The minimum Gasteiger partial charge on any atom is -0.268 e. The van der Waals surface area contributed by atoms with E-state index in [2.05, 4.69) is 20.9 Å². The largest absolute Gasteiger partial charge is 0.268 e. The van der Waals surface area contributed by atoms with Crippen molar-refractivity contribution in [1.29, 1.82) is 0 Å². The molecule has 0 aliphatic rings. The van der Waals surface area contributed by atoms with Gasteiger partial charge in [-0.1, -0.05) is 30.3 Å². The third-order valence-corrected chi connectivity index (χ3v) is 5.15. The van der Waals surface area contributed by atoms with E-state index in [1.807, 2.05) is 31.2 Å². The standard InChI is InChI=1S/C23H15BrF2N2O/c1-14-6-10-21(17(24)12-14)28-22(11-8-15-7-9-18(25)19(26)13-15)27-20-5-3-2-4-16(20)23(28)29/h2-13H,1H3/b11-8-. The Morgan fingerprint density at radius 2 is 1.76 bits per heavy atom. The quantitative estimate of drug-likeness (QED) is 0.387. The Hall–Kier alpha value is -3.12. The summed E-state index contributed by atoms with van der Waals surface area (Å²) in [4.78, 5) is 17.9. The van der Waals surface area contributed by atoms with Crippen molar-refractivity contribution in [3.05, 3.63) is 104 Å². The maximum atomic E-state index is 13.5. The van der Waals surface area contributed by atoms with Crippen LogP contribution in [0.4, 0.5) is 8.78 Å².